The van der Waals surface area contributed by atoms with E-state index in [1.807, 2.05) is 0 Å². The van der Waals surface area contributed by atoms with Gasteiger partial charge in [0.15, 0.2) is 22.2 Å². The molecule has 0 aromatic rings. The van der Waals surface area contributed by atoms with Crippen LogP contribution in [0.5, 0.6) is 0 Å². The summed E-state index contributed by atoms with van der Waals surface area (Å²) in [6.07, 6.45) is -1.44. The number of amides is 4. The third-order valence-corrected chi connectivity index (χ3v) is 6.94. The van der Waals surface area contributed by atoms with E-state index in [0.29, 0.717) is 0 Å². The van der Waals surface area contributed by atoms with Gasteiger partial charge in [-0.3, -0.25) is 38.4 Å². The lowest BCUT2D eigenvalue weighted by Gasteiger charge is -2.17. The maximum atomic E-state index is 12.3. The summed E-state index contributed by atoms with van der Waals surface area (Å²) in [6, 6.07) is -5.92. The summed E-state index contributed by atoms with van der Waals surface area (Å²) in [5.41, 5.74) is 10.6. The zero-order valence-corrected chi connectivity index (χ0v) is 24.7. The van der Waals surface area contributed by atoms with Gasteiger partial charge in [-0.25, -0.2) is 8.42 Å². The molecule has 12 N–H and O–H groups in total. The Kier molecular flexibility index (Phi) is 18.9. The number of carbonyl (C=O) groups is 8. The molecule has 0 radical (unpaired) electrons. The van der Waals surface area contributed by atoms with Gasteiger partial charge in [0.05, 0.1) is 24.6 Å². The summed E-state index contributed by atoms with van der Waals surface area (Å²) in [5.74, 6) is -8.18. The molecule has 0 rings (SSSR count). The Hall–Kier alpha value is -3.35. The van der Waals surface area contributed by atoms with Crippen LogP contribution in [0.1, 0.15) is 25.7 Å². The average Bonchev–Trinajstić information content (AvgIpc) is 2.90. The minimum absolute atomic E-state index is 0.0509. The molecule has 0 aliphatic carbocycles. The lowest BCUT2D eigenvalue weighted by atomic mass is 10.1. The molecule has 0 heterocycles. The molecule has 43 heavy (non-hydrogen) atoms. The number of thioether (sulfide) groups is 1. The van der Waals surface area contributed by atoms with Gasteiger partial charge in [0.1, 0.15) is 24.2 Å². The van der Waals surface area contributed by atoms with E-state index in [9.17, 15) is 46.8 Å². The summed E-state index contributed by atoms with van der Waals surface area (Å²) in [4.78, 5) is 94.2. The number of nitrogens with one attached hydrogen (secondary N) is 4. The first-order valence-electron chi connectivity index (χ1n) is 11.9. The lowest BCUT2D eigenvalue weighted by molar-refractivity contribution is -0.140. The SMILES string of the molecule is NC(CCC(=O)NC(CS(=O)O)C(=O)NCC(=O)SC(=O)CNC(=O)C(CS(=O)O)NC(=O)CCC(N)C(=O)O)C(=O)O. The second-order valence-corrected chi connectivity index (χ2v) is 11.5. The highest BCUT2D eigenvalue weighted by Gasteiger charge is 2.26. The number of rotatable bonds is 20. The fourth-order valence-corrected chi connectivity index (χ4v) is 4.35. The van der Waals surface area contributed by atoms with Crippen LogP contribution in [0.3, 0.4) is 0 Å². The molecule has 244 valence electrons. The normalized spacial score (nSPS) is 15.0. The van der Waals surface area contributed by atoms with Gasteiger partial charge in [0, 0.05) is 12.8 Å². The Bertz CT molecular complexity index is 1040. The van der Waals surface area contributed by atoms with E-state index in [0.717, 1.165) is 0 Å². The molecular weight excluding hydrogens is 644 g/mol. The standard InChI is InChI=1S/C20H32N6O14S3/c21-9(19(33)34)1-3-13(27)25-11(7-42(37)38)17(31)23-5-15(29)41-16(30)6-24-18(32)12(8-43(39)40)26-14(28)4-2-10(22)20(35)36/h9-12H,1-8,21-22H2,(H,23,31)(H,24,32)(H,25,27)(H,26,28)(H,33,34)(H,35,36)(H,37,38)(H,39,40). The molecule has 0 fully saturated rings. The minimum Gasteiger partial charge on any atom is -0.480 e. The molecule has 0 aliphatic heterocycles. The van der Waals surface area contributed by atoms with E-state index in [1.165, 1.54) is 0 Å². The van der Waals surface area contributed by atoms with Gasteiger partial charge >= 0.3 is 11.9 Å². The molecular formula is C20H32N6O14S3. The van der Waals surface area contributed by atoms with Gasteiger partial charge in [-0.15, -0.1) is 0 Å². The van der Waals surface area contributed by atoms with Crippen LogP contribution in [-0.2, 0) is 60.5 Å². The summed E-state index contributed by atoms with van der Waals surface area (Å²) in [6.45, 7) is -1.59. The van der Waals surface area contributed by atoms with Crippen molar-refractivity contribution in [2.24, 2.45) is 11.5 Å². The lowest BCUT2D eigenvalue weighted by Crippen LogP contribution is -2.51. The summed E-state index contributed by atoms with van der Waals surface area (Å²) >= 11 is -5.09. The maximum Gasteiger partial charge on any atom is 0.320 e. The quantitative estimate of drug-likeness (QED) is 0.0538. The van der Waals surface area contributed by atoms with Crippen LogP contribution in [0, 0.1) is 0 Å². The van der Waals surface area contributed by atoms with Gasteiger partial charge in [-0.2, -0.15) is 0 Å². The Labute approximate surface area is 252 Å². The van der Waals surface area contributed by atoms with Crippen molar-refractivity contribution in [1.29, 1.82) is 0 Å². The first-order valence-corrected chi connectivity index (χ1v) is 15.3. The third kappa shape index (κ3) is 18.7. The smallest absolute Gasteiger partial charge is 0.320 e. The highest BCUT2D eigenvalue weighted by atomic mass is 32.2. The van der Waals surface area contributed by atoms with Crippen LogP contribution in [0.25, 0.3) is 0 Å². The maximum absolute atomic E-state index is 12.3. The fraction of sp³-hybridized carbons (Fsp3) is 0.600. The van der Waals surface area contributed by atoms with E-state index in [1.54, 1.807) is 0 Å². The predicted octanol–water partition coefficient (Wildman–Crippen LogP) is -5.20. The third-order valence-electron chi connectivity index (χ3n) is 4.96. The highest BCUT2D eigenvalue weighted by molar-refractivity contribution is 8.26. The van der Waals surface area contributed by atoms with Crippen LogP contribution in [0.2, 0.25) is 0 Å². The molecule has 0 saturated heterocycles. The molecule has 0 aromatic carbocycles. The topological polar surface area (TPSA) is 352 Å². The van der Waals surface area contributed by atoms with E-state index < -0.39 is 130 Å². The Morgan fingerprint density at radius 2 is 0.977 bits per heavy atom. The van der Waals surface area contributed by atoms with Crippen molar-refractivity contribution in [3.63, 3.8) is 0 Å². The van der Waals surface area contributed by atoms with Crippen molar-refractivity contribution < 1.29 is 66.1 Å². The Morgan fingerprint density at radius 1 is 0.651 bits per heavy atom. The molecule has 20 nitrogen and oxygen atoms in total. The van der Waals surface area contributed by atoms with Gasteiger partial charge in [0.2, 0.25) is 33.9 Å². The predicted molar refractivity (Wildman–Crippen MR) is 148 cm³/mol. The van der Waals surface area contributed by atoms with Crippen LogP contribution in [0.15, 0.2) is 0 Å². The van der Waals surface area contributed by atoms with Gasteiger partial charge < -0.3 is 52.1 Å². The number of carboxylic acids is 2. The molecule has 0 bridgehead atoms. The molecule has 4 amide bonds. The van der Waals surface area contributed by atoms with Crippen molar-refractivity contribution in [3.05, 3.63) is 0 Å². The Morgan fingerprint density at radius 3 is 1.26 bits per heavy atom. The number of carboxylic acid groups (broad SMARTS) is 2. The van der Waals surface area contributed by atoms with Crippen LogP contribution in [-0.4, -0.2) is 122 Å². The first-order chi connectivity index (χ1) is 19.9. The van der Waals surface area contributed by atoms with E-state index >= 15 is 0 Å². The first kappa shape index (κ1) is 39.6. The summed E-state index contributed by atoms with van der Waals surface area (Å²) in [5, 5.41) is 23.9. The second-order valence-electron chi connectivity index (χ2n) is 8.47. The van der Waals surface area contributed by atoms with Crippen LogP contribution in [0.4, 0.5) is 0 Å². The van der Waals surface area contributed by atoms with E-state index in [4.69, 9.17) is 30.8 Å². The monoisotopic (exact) mass is 676 g/mol. The van der Waals surface area contributed by atoms with Crippen molar-refractivity contribution in [1.82, 2.24) is 21.3 Å². The number of hydrogen-bond acceptors (Lipinski definition) is 13. The molecule has 23 heteroatoms. The van der Waals surface area contributed by atoms with Gasteiger partial charge in [-0.05, 0) is 24.6 Å². The van der Waals surface area contributed by atoms with Crippen LogP contribution < -0.4 is 32.7 Å². The Balaban J connectivity index is 4.85. The van der Waals surface area contributed by atoms with E-state index in [2.05, 4.69) is 21.3 Å². The molecule has 0 saturated carbocycles. The largest absolute Gasteiger partial charge is 0.480 e. The molecule has 0 spiro atoms. The van der Waals surface area contributed by atoms with Crippen LogP contribution >= 0.6 is 11.8 Å². The number of nitrogens with two attached hydrogens (primary N) is 2. The summed E-state index contributed by atoms with van der Waals surface area (Å²) < 4.78 is 40.5. The van der Waals surface area contributed by atoms with E-state index in [-0.39, 0.29) is 24.6 Å². The number of carbonyl (C=O) groups excluding carboxylic acids is 6. The van der Waals surface area contributed by atoms with Crippen molar-refractivity contribution in [3.8, 4) is 0 Å². The van der Waals surface area contributed by atoms with Crippen molar-refractivity contribution >= 4 is 79.7 Å². The zero-order valence-electron chi connectivity index (χ0n) is 22.2. The molecule has 6 unspecified atom stereocenters. The fourth-order valence-electron chi connectivity index (χ4n) is 2.77. The van der Waals surface area contributed by atoms with Gasteiger partial charge in [-0.1, -0.05) is 0 Å². The second kappa shape index (κ2) is 20.5. The molecule has 0 aromatic heterocycles. The average molecular weight is 677 g/mol. The molecule has 6 atom stereocenters. The minimum atomic E-state index is -2.57. The van der Waals surface area contributed by atoms with Crippen molar-refractivity contribution in [2.75, 3.05) is 24.6 Å². The zero-order chi connectivity index (χ0) is 33.3. The summed E-state index contributed by atoms with van der Waals surface area (Å²) in [7, 11) is 0. The highest BCUT2D eigenvalue weighted by Crippen LogP contribution is 2.04. The number of aliphatic carboxylic acids is 2. The number of hydrogen-bond donors (Lipinski definition) is 10. The molecule has 0 aliphatic rings. The van der Waals surface area contributed by atoms with Gasteiger partial charge in [0.25, 0.3) is 0 Å². The van der Waals surface area contributed by atoms with Crippen molar-refractivity contribution in [2.45, 2.75) is 49.9 Å².